The summed E-state index contributed by atoms with van der Waals surface area (Å²) >= 11 is 0. The van der Waals surface area contributed by atoms with Gasteiger partial charge in [-0.25, -0.2) is 9.90 Å². The molecule has 1 rings (SSSR count). The first-order chi connectivity index (χ1) is 10.4. The van der Waals surface area contributed by atoms with Gasteiger partial charge in [0.1, 0.15) is 12.1 Å². The number of carbonyl (C=O) groups is 3. The lowest BCUT2D eigenvalue weighted by molar-refractivity contribution is -0.143. The summed E-state index contributed by atoms with van der Waals surface area (Å²) in [5.41, 5.74) is 0.467. The van der Waals surface area contributed by atoms with Crippen molar-refractivity contribution in [2.75, 3.05) is 6.61 Å². The molecule has 7 nitrogen and oxygen atoms in total. The Balaban J connectivity index is 2.98. The third-order valence-electron chi connectivity index (χ3n) is 3.06. The SMILES string of the molecule is CC(C)[C@H](NC(=O)[C@H](NC(=O)C[O])c1ccccc1)C(=O)O. The monoisotopic (exact) mass is 307 g/mol. The van der Waals surface area contributed by atoms with Crippen molar-refractivity contribution >= 4 is 17.8 Å². The number of carboxylic acid groups (broad SMARTS) is 1. The highest BCUT2D eigenvalue weighted by atomic mass is 16.4. The fraction of sp³-hybridized carbons (Fsp3) is 0.400. The van der Waals surface area contributed by atoms with E-state index >= 15 is 0 Å². The summed E-state index contributed by atoms with van der Waals surface area (Å²) in [6.45, 7) is 2.31. The second-order valence-electron chi connectivity index (χ2n) is 5.12. The van der Waals surface area contributed by atoms with Crippen molar-refractivity contribution in [2.45, 2.75) is 25.9 Å². The highest BCUT2D eigenvalue weighted by Crippen LogP contribution is 2.14. The summed E-state index contributed by atoms with van der Waals surface area (Å²) in [5, 5.41) is 24.4. The maximum atomic E-state index is 12.3. The number of aliphatic carboxylic acids is 1. The van der Waals surface area contributed by atoms with Gasteiger partial charge in [-0.15, -0.1) is 0 Å². The molecule has 119 valence electrons. The van der Waals surface area contributed by atoms with Gasteiger partial charge in [0.05, 0.1) is 0 Å². The molecule has 1 radical (unpaired) electrons. The van der Waals surface area contributed by atoms with Crippen LogP contribution in [0.1, 0.15) is 25.5 Å². The van der Waals surface area contributed by atoms with Crippen LogP contribution in [0.5, 0.6) is 0 Å². The van der Waals surface area contributed by atoms with Crippen LogP contribution in [0.25, 0.3) is 0 Å². The van der Waals surface area contributed by atoms with Crippen molar-refractivity contribution in [3.63, 3.8) is 0 Å². The van der Waals surface area contributed by atoms with E-state index in [9.17, 15) is 19.5 Å². The van der Waals surface area contributed by atoms with E-state index in [1.165, 1.54) is 0 Å². The molecular weight excluding hydrogens is 288 g/mol. The van der Waals surface area contributed by atoms with Crippen molar-refractivity contribution in [3.8, 4) is 0 Å². The molecule has 0 heterocycles. The lowest BCUT2D eigenvalue weighted by atomic mass is 10.0. The van der Waals surface area contributed by atoms with E-state index in [-0.39, 0.29) is 5.92 Å². The number of hydrogen-bond acceptors (Lipinski definition) is 3. The smallest absolute Gasteiger partial charge is 0.326 e. The molecule has 0 unspecified atom stereocenters. The highest BCUT2D eigenvalue weighted by molar-refractivity contribution is 5.91. The fourth-order valence-corrected chi connectivity index (χ4v) is 1.90. The number of nitrogens with one attached hydrogen (secondary N) is 2. The van der Waals surface area contributed by atoms with Crippen molar-refractivity contribution in [2.24, 2.45) is 5.92 Å². The number of benzene rings is 1. The van der Waals surface area contributed by atoms with Crippen molar-refractivity contribution in [3.05, 3.63) is 35.9 Å². The van der Waals surface area contributed by atoms with E-state index in [4.69, 9.17) is 5.11 Å². The van der Waals surface area contributed by atoms with Gasteiger partial charge in [-0.05, 0) is 11.5 Å². The molecule has 7 heteroatoms. The van der Waals surface area contributed by atoms with Crippen molar-refractivity contribution in [1.82, 2.24) is 10.6 Å². The highest BCUT2D eigenvalue weighted by Gasteiger charge is 2.29. The van der Waals surface area contributed by atoms with Crippen LogP contribution in [0.4, 0.5) is 0 Å². The third-order valence-corrected chi connectivity index (χ3v) is 3.06. The van der Waals surface area contributed by atoms with Gasteiger partial charge < -0.3 is 15.7 Å². The van der Waals surface area contributed by atoms with E-state index in [0.717, 1.165) is 0 Å². The zero-order valence-electron chi connectivity index (χ0n) is 12.4. The van der Waals surface area contributed by atoms with Gasteiger partial charge >= 0.3 is 5.97 Å². The van der Waals surface area contributed by atoms with E-state index in [1.807, 2.05) is 0 Å². The van der Waals surface area contributed by atoms with Crippen LogP contribution >= 0.6 is 0 Å². The Labute approximate surface area is 128 Å². The molecule has 0 aromatic heterocycles. The molecule has 0 saturated heterocycles. The van der Waals surface area contributed by atoms with Gasteiger partial charge in [-0.3, -0.25) is 9.59 Å². The van der Waals surface area contributed by atoms with Gasteiger partial charge in [0.2, 0.25) is 11.8 Å². The number of carbonyl (C=O) groups excluding carboxylic acids is 2. The molecular formula is C15H19N2O5. The minimum absolute atomic E-state index is 0.326. The van der Waals surface area contributed by atoms with Crippen molar-refractivity contribution < 1.29 is 24.6 Å². The fourth-order valence-electron chi connectivity index (χ4n) is 1.90. The molecule has 3 N–H and O–H groups in total. The Bertz CT molecular complexity index is 530. The number of rotatable bonds is 7. The van der Waals surface area contributed by atoms with Crippen LogP contribution in [0, 0.1) is 5.92 Å². The van der Waals surface area contributed by atoms with Gasteiger partial charge in [0.15, 0.2) is 6.61 Å². The number of carboxylic acids is 1. The van der Waals surface area contributed by atoms with Crippen LogP contribution in [0.2, 0.25) is 0 Å². The first-order valence-electron chi connectivity index (χ1n) is 6.82. The molecule has 1 aromatic carbocycles. The molecule has 0 aliphatic rings. The van der Waals surface area contributed by atoms with Gasteiger partial charge in [0, 0.05) is 0 Å². The Morgan fingerprint density at radius 1 is 1.09 bits per heavy atom. The minimum atomic E-state index is -1.16. The lowest BCUT2D eigenvalue weighted by Crippen LogP contribution is -2.49. The predicted molar refractivity (Wildman–Crippen MR) is 77.3 cm³/mol. The molecule has 0 fully saturated rings. The van der Waals surface area contributed by atoms with Crippen LogP contribution in [0.15, 0.2) is 30.3 Å². The Morgan fingerprint density at radius 2 is 1.68 bits per heavy atom. The minimum Gasteiger partial charge on any atom is -0.480 e. The average Bonchev–Trinajstić information content (AvgIpc) is 2.49. The predicted octanol–water partition coefficient (Wildman–Crippen LogP) is 0.500. The van der Waals surface area contributed by atoms with E-state index in [2.05, 4.69) is 10.6 Å². The normalized spacial score (nSPS) is 13.3. The van der Waals surface area contributed by atoms with Crippen LogP contribution in [0.3, 0.4) is 0 Å². The second kappa shape index (κ2) is 8.14. The molecule has 0 saturated carbocycles. The quantitative estimate of drug-likeness (QED) is 0.680. The van der Waals surface area contributed by atoms with E-state index in [0.29, 0.717) is 5.56 Å². The number of amides is 2. The standard InChI is InChI=1S/C15H19N2O5/c1-9(2)12(15(21)22)17-14(20)13(16-11(19)8-18)10-6-4-3-5-7-10/h3-7,9,12-13H,8H2,1-2H3,(H,16,19)(H,17,20)(H,21,22)/t12-,13+/m0/s1. The largest absolute Gasteiger partial charge is 0.480 e. The molecule has 2 atom stereocenters. The first kappa shape index (κ1) is 17.6. The maximum Gasteiger partial charge on any atom is 0.326 e. The topological polar surface area (TPSA) is 115 Å². The summed E-state index contributed by atoms with van der Waals surface area (Å²) in [5.74, 6) is -2.99. The summed E-state index contributed by atoms with van der Waals surface area (Å²) in [4.78, 5) is 34.8. The zero-order valence-corrected chi connectivity index (χ0v) is 12.4. The summed E-state index contributed by atoms with van der Waals surface area (Å²) < 4.78 is 0. The van der Waals surface area contributed by atoms with Gasteiger partial charge in [-0.1, -0.05) is 44.2 Å². The second-order valence-corrected chi connectivity index (χ2v) is 5.12. The summed E-state index contributed by atoms with van der Waals surface area (Å²) in [7, 11) is 0. The lowest BCUT2D eigenvalue weighted by Gasteiger charge is -2.23. The van der Waals surface area contributed by atoms with E-state index < -0.39 is 36.5 Å². The summed E-state index contributed by atoms with van der Waals surface area (Å²) in [6, 6.07) is 6.13. The number of hydrogen-bond donors (Lipinski definition) is 3. The third kappa shape index (κ3) is 4.85. The summed E-state index contributed by atoms with van der Waals surface area (Å²) in [6.07, 6.45) is 0. The average molecular weight is 307 g/mol. The molecule has 0 spiro atoms. The zero-order chi connectivity index (χ0) is 16.7. The molecule has 0 aliphatic heterocycles. The molecule has 0 aliphatic carbocycles. The van der Waals surface area contributed by atoms with Crippen molar-refractivity contribution in [1.29, 1.82) is 0 Å². The molecule has 1 aromatic rings. The molecule has 22 heavy (non-hydrogen) atoms. The Kier molecular flexibility index (Phi) is 6.52. The van der Waals surface area contributed by atoms with Gasteiger partial charge in [0.25, 0.3) is 0 Å². The Morgan fingerprint density at radius 3 is 2.14 bits per heavy atom. The van der Waals surface area contributed by atoms with E-state index in [1.54, 1.807) is 44.2 Å². The maximum absolute atomic E-state index is 12.3. The van der Waals surface area contributed by atoms with Crippen LogP contribution in [-0.4, -0.2) is 35.5 Å². The molecule has 0 bridgehead atoms. The first-order valence-corrected chi connectivity index (χ1v) is 6.82. The van der Waals surface area contributed by atoms with Crippen LogP contribution in [-0.2, 0) is 19.5 Å². The van der Waals surface area contributed by atoms with Crippen LogP contribution < -0.4 is 10.6 Å². The Hall–Kier alpha value is -2.41. The molecule has 2 amide bonds. The van der Waals surface area contributed by atoms with Gasteiger partial charge in [-0.2, -0.15) is 0 Å².